The lowest BCUT2D eigenvalue weighted by atomic mass is 10.1. The SMILES string of the molecule is COc1cccc(NC(=O)[C@@H](Cl)C(=O)c2ccc([N+](=O)[O-])cc2)c1. The number of rotatable bonds is 6. The molecule has 0 saturated carbocycles. The number of Topliss-reactive ketones (excluding diaryl/α,β-unsaturated/α-hetero) is 1. The molecule has 2 aromatic carbocycles. The van der Waals surface area contributed by atoms with E-state index in [9.17, 15) is 19.7 Å². The lowest BCUT2D eigenvalue weighted by Gasteiger charge is -2.10. The minimum Gasteiger partial charge on any atom is -0.497 e. The van der Waals surface area contributed by atoms with Gasteiger partial charge in [-0.1, -0.05) is 6.07 Å². The number of amides is 1. The summed E-state index contributed by atoms with van der Waals surface area (Å²) in [5, 5.41) is 11.7. The molecule has 24 heavy (non-hydrogen) atoms. The maximum absolute atomic E-state index is 12.2. The first-order valence-corrected chi connectivity index (χ1v) is 7.23. The van der Waals surface area contributed by atoms with Crippen LogP contribution in [0.3, 0.4) is 0 Å². The first-order chi connectivity index (χ1) is 11.4. The summed E-state index contributed by atoms with van der Waals surface area (Å²) in [4.78, 5) is 34.3. The number of halogens is 1. The third kappa shape index (κ3) is 4.08. The molecule has 0 aliphatic heterocycles. The number of nitro benzene ring substituents is 1. The highest BCUT2D eigenvalue weighted by Crippen LogP contribution is 2.19. The normalized spacial score (nSPS) is 11.4. The number of carbonyl (C=O) groups excluding carboxylic acids is 2. The van der Waals surface area contributed by atoms with Crippen molar-refractivity contribution in [1.29, 1.82) is 0 Å². The van der Waals surface area contributed by atoms with Crippen LogP contribution in [0, 0.1) is 10.1 Å². The fourth-order valence-electron chi connectivity index (χ4n) is 1.92. The van der Waals surface area contributed by atoms with Gasteiger partial charge in [-0.2, -0.15) is 0 Å². The lowest BCUT2D eigenvalue weighted by molar-refractivity contribution is -0.384. The molecular formula is C16H13ClN2O5. The second kappa shape index (κ2) is 7.56. The molecule has 2 rings (SSSR count). The number of ether oxygens (including phenoxy) is 1. The summed E-state index contributed by atoms with van der Waals surface area (Å²) >= 11 is 5.92. The molecule has 0 heterocycles. The number of nitrogens with zero attached hydrogens (tertiary/aromatic N) is 1. The Morgan fingerprint density at radius 3 is 2.46 bits per heavy atom. The van der Waals surface area contributed by atoms with E-state index in [1.165, 1.54) is 31.4 Å². The summed E-state index contributed by atoms with van der Waals surface area (Å²) < 4.78 is 5.04. The van der Waals surface area contributed by atoms with Crippen molar-refractivity contribution in [2.45, 2.75) is 5.38 Å². The first kappa shape index (κ1) is 17.4. The Labute approximate surface area is 142 Å². The van der Waals surface area contributed by atoms with E-state index in [2.05, 4.69) is 5.32 Å². The van der Waals surface area contributed by atoms with E-state index in [1.807, 2.05) is 0 Å². The van der Waals surface area contributed by atoms with Crippen LogP contribution >= 0.6 is 11.6 Å². The molecule has 1 N–H and O–H groups in total. The van der Waals surface area contributed by atoms with Gasteiger partial charge in [0.2, 0.25) is 5.91 Å². The number of ketones is 1. The predicted molar refractivity (Wildman–Crippen MR) is 88.7 cm³/mol. The highest BCUT2D eigenvalue weighted by molar-refractivity contribution is 6.45. The van der Waals surface area contributed by atoms with Gasteiger partial charge in [0.1, 0.15) is 5.75 Å². The minimum atomic E-state index is -1.46. The fraction of sp³-hybridized carbons (Fsp3) is 0.125. The van der Waals surface area contributed by atoms with Crippen LogP contribution in [-0.2, 0) is 4.79 Å². The fourth-order valence-corrected chi connectivity index (χ4v) is 2.10. The van der Waals surface area contributed by atoms with Crippen molar-refractivity contribution in [3.05, 3.63) is 64.2 Å². The number of nitrogens with one attached hydrogen (secondary N) is 1. The van der Waals surface area contributed by atoms with Crippen LogP contribution in [0.25, 0.3) is 0 Å². The Bertz CT molecular complexity index is 776. The van der Waals surface area contributed by atoms with E-state index in [4.69, 9.17) is 16.3 Å². The number of alkyl halides is 1. The first-order valence-electron chi connectivity index (χ1n) is 6.80. The van der Waals surface area contributed by atoms with E-state index in [1.54, 1.807) is 24.3 Å². The highest BCUT2D eigenvalue weighted by Gasteiger charge is 2.25. The van der Waals surface area contributed by atoms with Crippen LogP contribution in [0.15, 0.2) is 48.5 Å². The molecule has 0 fully saturated rings. The number of hydrogen-bond acceptors (Lipinski definition) is 5. The molecule has 2 aromatic rings. The average molecular weight is 349 g/mol. The van der Waals surface area contributed by atoms with Crippen molar-refractivity contribution in [3.63, 3.8) is 0 Å². The zero-order chi connectivity index (χ0) is 17.7. The van der Waals surface area contributed by atoms with E-state index in [0.29, 0.717) is 11.4 Å². The summed E-state index contributed by atoms with van der Waals surface area (Å²) in [6.45, 7) is 0. The summed E-state index contributed by atoms with van der Waals surface area (Å²) in [5.74, 6) is -0.805. The van der Waals surface area contributed by atoms with E-state index >= 15 is 0 Å². The monoisotopic (exact) mass is 348 g/mol. The molecule has 0 saturated heterocycles. The van der Waals surface area contributed by atoms with Crippen molar-refractivity contribution in [2.24, 2.45) is 0 Å². The van der Waals surface area contributed by atoms with Gasteiger partial charge in [0, 0.05) is 29.4 Å². The number of anilines is 1. The van der Waals surface area contributed by atoms with Crippen LogP contribution in [0.2, 0.25) is 0 Å². The lowest BCUT2D eigenvalue weighted by Crippen LogP contribution is -2.30. The van der Waals surface area contributed by atoms with Gasteiger partial charge in [0.15, 0.2) is 11.2 Å². The third-order valence-electron chi connectivity index (χ3n) is 3.16. The quantitative estimate of drug-likeness (QED) is 0.284. The molecular weight excluding hydrogens is 336 g/mol. The number of hydrogen-bond donors (Lipinski definition) is 1. The maximum Gasteiger partial charge on any atom is 0.269 e. The zero-order valence-electron chi connectivity index (χ0n) is 12.6. The third-order valence-corrected chi connectivity index (χ3v) is 3.56. The molecule has 8 heteroatoms. The van der Waals surface area contributed by atoms with Crippen molar-refractivity contribution < 1.29 is 19.2 Å². The maximum atomic E-state index is 12.2. The van der Waals surface area contributed by atoms with Crippen molar-refractivity contribution in [3.8, 4) is 5.75 Å². The Hall–Kier alpha value is -2.93. The van der Waals surface area contributed by atoms with Crippen LogP contribution in [0.5, 0.6) is 5.75 Å². The van der Waals surface area contributed by atoms with Gasteiger partial charge in [0.05, 0.1) is 12.0 Å². The predicted octanol–water partition coefficient (Wildman–Crippen LogP) is 3.03. The van der Waals surface area contributed by atoms with Crippen LogP contribution in [-0.4, -0.2) is 29.1 Å². The molecule has 7 nitrogen and oxygen atoms in total. The van der Waals surface area contributed by atoms with Crippen LogP contribution in [0.1, 0.15) is 10.4 Å². The van der Waals surface area contributed by atoms with Gasteiger partial charge >= 0.3 is 0 Å². The van der Waals surface area contributed by atoms with Gasteiger partial charge in [-0.05, 0) is 24.3 Å². The number of non-ortho nitro benzene ring substituents is 1. The van der Waals surface area contributed by atoms with Gasteiger partial charge in [-0.25, -0.2) is 0 Å². The Morgan fingerprint density at radius 2 is 1.88 bits per heavy atom. The second-order valence-corrected chi connectivity index (χ2v) is 5.19. The summed E-state index contributed by atoms with van der Waals surface area (Å²) in [7, 11) is 1.49. The summed E-state index contributed by atoms with van der Waals surface area (Å²) in [6.07, 6.45) is 0. The largest absolute Gasteiger partial charge is 0.497 e. The molecule has 0 aromatic heterocycles. The van der Waals surface area contributed by atoms with E-state index in [0.717, 1.165) is 0 Å². The van der Waals surface area contributed by atoms with Gasteiger partial charge in [-0.3, -0.25) is 19.7 Å². The topological polar surface area (TPSA) is 98.5 Å². The highest BCUT2D eigenvalue weighted by atomic mass is 35.5. The molecule has 0 radical (unpaired) electrons. The zero-order valence-corrected chi connectivity index (χ0v) is 13.3. The molecule has 0 aliphatic rings. The van der Waals surface area contributed by atoms with E-state index in [-0.39, 0.29) is 11.3 Å². The Morgan fingerprint density at radius 1 is 1.21 bits per heavy atom. The Kier molecular flexibility index (Phi) is 5.49. The molecule has 0 bridgehead atoms. The van der Waals surface area contributed by atoms with Crippen LogP contribution < -0.4 is 10.1 Å². The molecule has 124 valence electrons. The van der Waals surface area contributed by atoms with Crippen molar-refractivity contribution >= 4 is 34.7 Å². The molecule has 1 atom stereocenters. The van der Waals surface area contributed by atoms with Crippen molar-refractivity contribution in [2.75, 3.05) is 12.4 Å². The summed E-state index contributed by atoms with van der Waals surface area (Å²) in [5.41, 5.74) is 0.390. The van der Waals surface area contributed by atoms with Crippen LogP contribution in [0.4, 0.5) is 11.4 Å². The molecule has 0 aliphatic carbocycles. The Balaban J connectivity index is 2.08. The second-order valence-electron chi connectivity index (χ2n) is 4.75. The van der Waals surface area contributed by atoms with Crippen molar-refractivity contribution in [1.82, 2.24) is 0 Å². The smallest absolute Gasteiger partial charge is 0.269 e. The van der Waals surface area contributed by atoms with E-state index < -0.39 is 22.0 Å². The minimum absolute atomic E-state index is 0.112. The number of methoxy groups -OCH3 is 1. The van der Waals surface area contributed by atoms with Gasteiger partial charge < -0.3 is 10.1 Å². The summed E-state index contributed by atoms with van der Waals surface area (Å²) in [6, 6.07) is 11.5. The number of carbonyl (C=O) groups is 2. The number of benzene rings is 2. The standard InChI is InChI=1S/C16H13ClN2O5/c1-24-13-4-2-3-11(9-13)18-16(21)14(17)15(20)10-5-7-12(8-6-10)19(22)23/h2-9,14H,1H3,(H,18,21)/t14-/m0/s1. The molecule has 0 spiro atoms. The average Bonchev–Trinajstić information content (AvgIpc) is 2.60. The van der Waals surface area contributed by atoms with Gasteiger partial charge in [-0.15, -0.1) is 11.6 Å². The molecule has 1 amide bonds. The number of nitro groups is 1. The molecule has 0 unspecified atom stereocenters. The van der Waals surface area contributed by atoms with Gasteiger partial charge in [0.25, 0.3) is 5.69 Å².